The first-order valence-electron chi connectivity index (χ1n) is 5.60. The third-order valence-corrected chi connectivity index (χ3v) is 3.02. The van der Waals surface area contributed by atoms with Gasteiger partial charge in [0.1, 0.15) is 11.3 Å². The summed E-state index contributed by atoms with van der Waals surface area (Å²) >= 11 is 0. The number of carboxylic acids is 1. The van der Waals surface area contributed by atoms with Gasteiger partial charge in [-0.1, -0.05) is 0 Å². The van der Waals surface area contributed by atoms with E-state index in [1.807, 2.05) is 18.2 Å². The summed E-state index contributed by atoms with van der Waals surface area (Å²) < 4.78 is 5.16. The van der Waals surface area contributed by atoms with Crippen molar-refractivity contribution in [2.24, 2.45) is 5.73 Å². The molecule has 0 saturated carbocycles. The van der Waals surface area contributed by atoms with Gasteiger partial charge in [0.25, 0.3) is 0 Å². The van der Waals surface area contributed by atoms with Gasteiger partial charge in [-0.05, 0) is 30.7 Å². The zero-order chi connectivity index (χ0) is 13.3. The number of hydrogen-bond acceptors (Lipinski definition) is 3. The van der Waals surface area contributed by atoms with Gasteiger partial charge in [0, 0.05) is 23.5 Å². The van der Waals surface area contributed by atoms with E-state index in [1.54, 1.807) is 13.3 Å². The van der Waals surface area contributed by atoms with Crippen molar-refractivity contribution >= 4 is 16.9 Å². The van der Waals surface area contributed by atoms with E-state index in [1.165, 1.54) is 6.92 Å². The highest BCUT2D eigenvalue weighted by molar-refractivity contribution is 5.86. The van der Waals surface area contributed by atoms with E-state index in [-0.39, 0.29) is 6.42 Å². The molecule has 96 valence electrons. The van der Waals surface area contributed by atoms with Gasteiger partial charge in [-0.25, -0.2) is 0 Å². The summed E-state index contributed by atoms with van der Waals surface area (Å²) in [5.41, 5.74) is 6.30. The first-order chi connectivity index (χ1) is 8.44. The van der Waals surface area contributed by atoms with Crippen LogP contribution in [0.3, 0.4) is 0 Å². The van der Waals surface area contributed by atoms with E-state index in [4.69, 9.17) is 15.6 Å². The third kappa shape index (κ3) is 2.17. The minimum Gasteiger partial charge on any atom is -0.497 e. The number of aliphatic carboxylic acids is 1. The van der Waals surface area contributed by atoms with Crippen LogP contribution in [0.2, 0.25) is 0 Å². The highest BCUT2D eigenvalue weighted by Gasteiger charge is 2.29. The highest BCUT2D eigenvalue weighted by Crippen LogP contribution is 2.25. The van der Waals surface area contributed by atoms with E-state index in [0.717, 1.165) is 22.2 Å². The standard InChI is InChI=1S/C13H16N2O3/c1-13(14,12(16)17)6-8-7-15-11-4-3-9(18-2)5-10(8)11/h3-5,7,15H,6,14H2,1-2H3,(H,16,17). The number of rotatable bonds is 4. The largest absolute Gasteiger partial charge is 0.497 e. The van der Waals surface area contributed by atoms with E-state index >= 15 is 0 Å². The Labute approximate surface area is 105 Å². The Morgan fingerprint density at radius 3 is 2.89 bits per heavy atom. The lowest BCUT2D eigenvalue weighted by Gasteiger charge is -2.18. The van der Waals surface area contributed by atoms with Crippen molar-refractivity contribution in [3.63, 3.8) is 0 Å². The molecular weight excluding hydrogens is 232 g/mol. The zero-order valence-corrected chi connectivity index (χ0v) is 10.4. The van der Waals surface area contributed by atoms with Crippen LogP contribution in [0.1, 0.15) is 12.5 Å². The molecule has 0 radical (unpaired) electrons. The molecule has 1 aromatic heterocycles. The Morgan fingerprint density at radius 2 is 2.28 bits per heavy atom. The molecule has 2 aromatic rings. The second-order valence-corrected chi connectivity index (χ2v) is 4.62. The molecule has 18 heavy (non-hydrogen) atoms. The lowest BCUT2D eigenvalue weighted by atomic mass is 9.94. The van der Waals surface area contributed by atoms with Crippen LogP contribution < -0.4 is 10.5 Å². The number of hydrogen-bond donors (Lipinski definition) is 3. The van der Waals surface area contributed by atoms with Crippen LogP contribution in [0.4, 0.5) is 0 Å². The molecule has 0 aliphatic heterocycles. The van der Waals surface area contributed by atoms with Gasteiger partial charge < -0.3 is 20.6 Å². The summed E-state index contributed by atoms with van der Waals surface area (Å²) in [4.78, 5) is 14.1. The molecule has 1 heterocycles. The van der Waals surface area contributed by atoms with Crippen molar-refractivity contribution in [1.82, 2.24) is 4.98 Å². The molecule has 0 aliphatic carbocycles. The minimum absolute atomic E-state index is 0.259. The topological polar surface area (TPSA) is 88.3 Å². The number of carboxylic acid groups (broad SMARTS) is 1. The first-order valence-corrected chi connectivity index (χ1v) is 5.60. The van der Waals surface area contributed by atoms with Crippen molar-refractivity contribution < 1.29 is 14.6 Å². The molecule has 1 unspecified atom stereocenters. The number of H-pyrrole nitrogens is 1. The molecule has 0 fully saturated rings. The number of nitrogens with two attached hydrogens (primary N) is 1. The quantitative estimate of drug-likeness (QED) is 0.765. The molecule has 5 heteroatoms. The lowest BCUT2D eigenvalue weighted by Crippen LogP contribution is -2.46. The number of aromatic nitrogens is 1. The molecule has 0 spiro atoms. The fraction of sp³-hybridized carbons (Fsp3) is 0.308. The number of aromatic amines is 1. The van der Waals surface area contributed by atoms with Crippen LogP contribution in [-0.2, 0) is 11.2 Å². The van der Waals surface area contributed by atoms with E-state index in [9.17, 15) is 4.79 Å². The van der Waals surface area contributed by atoms with Crippen molar-refractivity contribution in [3.05, 3.63) is 30.0 Å². The van der Waals surface area contributed by atoms with Gasteiger partial charge in [-0.15, -0.1) is 0 Å². The normalized spacial score (nSPS) is 14.4. The van der Waals surface area contributed by atoms with Gasteiger partial charge >= 0.3 is 5.97 Å². The van der Waals surface area contributed by atoms with Gasteiger partial charge in [0.2, 0.25) is 0 Å². The Morgan fingerprint density at radius 1 is 1.56 bits per heavy atom. The van der Waals surface area contributed by atoms with Crippen LogP contribution in [0.15, 0.2) is 24.4 Å². The average Bonchev–Trinajstić information content (AvgIpc) is 2.71. The maximum atomic E-state index is 11.0. The fourth-order valence-electron chi connectivity index (χ4n) is 1.90. The Bertz CT molecular complexity index is 587. The van der Waals surface area contributed by atoms with Crippen LogP contribution in [-0.4, -0.2) is 28.7 Å². The van der Waals surface area contributed by atoms with E-state index < -0.39 is 11.5 Å². The Balaban J connectivity index is 2.42. The number of benzene rings is 1. The fourth-order valence-corrected chi connectivity index (χ4v) is 1.90. The van der Waals surface area contributed by atoms with Gasteiger partial charge in [-0.3, -0.25) is 4.79 Å². The summed E-state index contributed by atoms with van der Waals surface area (Å²) in [6, 6.07) is 5.62. The third-order valence-electron chi connectivity index (χ3n) is 3.02. The molecule has 0 amide bonds. The number of methoxy groups -OCH3 is 1. The van der Waals surface area contributed by atoms with Crippen LogP contribution >= 0.6 is 0 Å². The second-order valence-electron chi connectivity index (χ2n) is 4.62. The second kappa shape index (κ2) is 4.34. The molecular formula is C13H16N2O3. The van der Waals surface area contributed by atoms with Crippen molar-refractivity contribution in [2.75, 3.05) is 7.11 Å². The predicted molar refractivity (Wildman–Crippen MR) is 68.8 cm³/mol. The van der Waals surface area contributed by atoms with E-state index in [0.29, 0.717) is 0 Å². The first kappa shape index (κ1) is 12.4. The smallest absolute Gasteiger partial charge is 0.323 e. The molecule has 5 nitrogen and oxygen atoms in total. The number of ether oxygens (including phenoxy) is 1. The SMILES string of the molecule is COc1ccc2[nH]cc(CC(C)(N)C(=O)O)c2c1. The minimum atomic E-state index is -1.28. The Hall–Kier alpha value is -2.01. The molecule has 1 aromatic carbocycles. The maximum Gasteiger partial charge on any atom is 0.323 e. The summed E-state index contributed by atoms with van der Waals surface area (Å²) in [6.07, 6.45) is 2.05. The predicted octanol–water partition coefficient (Wildman–Crippen LogP) is 1.52. The van der Waals surface area contributed by atoms with Gasteiger partial charge in [0.05, 0.1) is 7.11 Å². The van der Waals surface area contributed by atoms with E-state index in [2.05, 4.69) is 4.98 Å². The van der Waals surface area contributed by atoms with Crippen molar-refractivity contribution in [2.45, 2.75) is 18.9 Å². The number of nitrogens with one attached hydrogen (secondary N) is 1. The monoisotopic (exact) mass is 248 g/mol. The maximum absolute atomic E-state index is 11.0. The highest BCUT2D eigenvalue weighted by atomic mass is 16.5. The molecule has 0 bridgehead atoms. The van der Waals surface area contributed by atoms with Crippen LogP contribution in [0.25, 0.3) is 10.9 Å². The molecule has 0 saturated heterocycles. The molecule has 2 rings (SSSR count). The van der Waals surface area contributed by atoms with Gasteiger partial charge in [-0.2, -0.15) is 0 Å². The molecule has 0 aliphatic rings. The summed E-state index contributed by atoms with van der Waals surface area (Å²) in [5.74, 6) is -0.280. The molecule has 1 atom stereocenters. The summed E-state index contributed by atoms with van der Waals surface area (Å²) in [5, 5.41) is 9.99. The number of carbonyl (C=O) groups is 1. The van der Waals surface area contributed by atoms with Crippen LogP contribution in [0, 0.1) is 0 Å². The number of fused-ring (bicyclic) bond motifs is 1. The lowest BCUT2D eigenvalue weighted by molar-refractivity contribution is -0.142. The van der Waals surface area contributed by atoms with Crippen molar-refractivity contribution in [3.8, 4) is 5.75 Å². The van der Waals surface area contributed by atoms with Crippen molar-refractivity contribution in [1.29, 1.82) is 0 Å². The van der Waals surface area contributed by atoms with Crippen LogP contribution in [0.5, 0.6) is 5.75 Å². The summed E-state index contributed by atoms with van der Waals surface area (Å²) in [7, 11) is 1.60. The van der Waals surface area contributed by atoms with Gasteiger partial charge in [0.15, 0.2) is 0 Å². The summed E-state index contributed by atoms with van der Waals surface area (Å²) in [6.45, 7) is 1.51. The Kier molecular flexibility index (Phi) is 3.00. The average molecular weight is 248 g/mol. The molecule has 4 N–H and O–H groups in total. The zero-order valence-electron chi connectivity index (χ0n) is 10.4.